The van der Waals surface area contributed by atoms with E-state index in [1.165, 1.54) is 12.1 Å². The molecule has 0 radical (unpaired) electrons. The summed E-state index contributed by atoms with van der Waals surface area (Å²) in [6, 6.07) is 9.15. The number of hydrogen-bond acceptors (Lipinski definition) is 5. The number of ether oxygens (including phenoxy) is 1. The summed E-state index contributed by atoms with van der Waals surface area (Å²) in [6.45, 7) is 7.97. The molecule has 0 amide bonds. The van der Waals surface area contributed by atoms with Crippen LogP contribution in [-0.2, 0) is 5.41 Å². The van der Waals surface area contributed by atoms with E-state index in [4.69, 9.17) is 0 Å². The predicted molar refractivity (Wildman–Crippen MR) is 94.6 cm³/mol. The number of nitrogens with zero attached hydrogens (tertiary/aromatic N) is 4. The lowest BCUT2D eigenvalue weighted by Gasteiger charge is -2.17. The van der Waals surface area contributed by atoms with E-state index in [2.05, 4.69) is 25.3 Å². The number of rotatable bonds is 4. The summed E-state index contributed by atoms with van der Waals surface area (Å²) in [7, 11) is 0. The van der Waals surface area contributed by atoms with E-state index in [0.717, 1.165) is 11.4 Å². The molecule has 0 aliphatic carbocycles. The maximum Gasteiger partial charge on any atom is 0.573 e. The van der Waals surface area contributed by atoms with Crippen molar-refractivity contribution in [1.29, 1.82) is 0 Å². The summed E-state index contributed by atoms with van der Waals surface area (Å²) in [4.78, 5) is 0. The largest absolute Gasteiger partial charge is 0.573 e. The van der Waals surface area contributed by atoms with Gasteiger partial charge in [-0.25, -0.2) is 0 Å². The van der Waals surface area contributed by atoms with Crippen LogP contribution >= 0.6 is 0 Å². The summed E-state index contributed by atoms with van der Waals surface area (Å²) < 4.78 is 42.3. The highest BCUT2D eigenvalue weighted by atomic mass is 19.4. The first-order chi connectivity index (χ1) is 12.5. The van der Waals surface area contributed by atoms with Gasteiger partial charge in [0, 0.05) is 5.41 Å². The molecule has 0 aliphatic heterocycles. The van der Waals surface area contributed by atoms with Gasteiger partial charge in [-0.3, -0.25) is 0 Å². The van der Waals surface area contributed by atoms with E-state index in [1.807, 2.05) is 33.8 Å². The highest BCUT2D eigenvalue weighted by Crippen LogP contribution is 2.26. The number of fused-ring (bicyclic) bond motifs is 1. The molecule has 0 aliphatic rings. The maximum atomic E-state index is 12.3. The van der Waals surface area contributed by atoms with Crippen molar-refractivity contribution in [2.45, 2.75) is 45.5 Å². The van der Waals surface area contributed by atoms with Gasteiger partial charge in [0.25, 0.3) is 0 Å². The van der Waals surface area contributed by atoms with Gasteiger partial charge in [0.05, 0.1) is 6.04 Å². The van der Waals surface area contributed by atoms with Gasteiger partial charge < -0.3 is 10.1 Å². The molecule has 2 aromatic heterocycles. The Balaban J connectivity index is 1.78. The molecule has 1 atom stereocenters. The molecule has 0 fully saturated rings. The Labute approximate surface area is 154 Å². The molecule has 144 valence electrons. The quantitative estimate of drug-likeness (QED) is 0.723. The zero-order chi connectivity index (χ0) is 19.8. The zero-order valence-corrected chi connectivity index (χ0v) is 15.4. The minimum absolute atomic E-state index is 0.176. The van der Waals surface area contributed by atoms with Gasteiger partial charge in [-0.05, 0) is 36.8 Å². The number of hydrogen-bond donors (Lipinski definition) is 1. The van der Waals surface area contributed by atoms with E-state index in [-0.39, 0.29) is 17.2 Å². The summed E-state index contributed by atoms with van der Waals surface area (Å²) in [6.07, 6.45) is -4.70. The van der Waals surface area contributed by atoms with E-state index >= 15 is 0 Å². The molecule has 2 heterocycles. The van der Waals surface area contributed by atoms with Crippen molar-refractivity contribution in [3.8, 4) is 5.75 Å². The van der Waals surface area contributed by atoms with Crippen LogP contribution in [0.15, 0.2) is 36.4 Å². The monoisotopic (exact) mass is 379 g/mol. The normalized spacial score (nSPS) is 13.6. The number of aromatic nitrogens is 4. The minimum atomic E-state index is -4.70. The van der Waals surface area contributed by atoms with Crippen LogP contribution in [0.3, 0.4) is 0 Å². The molecular formula is C18H20F3N5O. The molecule has 0 unspecified atom stereocenters. The first-order valence-corrected chi connectivity index (χ1v) is 8.38. The second-order valence-corrected chi connectivity index (χ2v) is 7.25. The minimum Gasteiger partial charge on any atom is -0.406 e. The molecular weight excluding hydrogens is 359 g/mol. The Morgan fingerprint density at radius 3 is 2.26 bits per heavy atom. The van der Waals surface area contributed by atoms with Crippen LogP contribution in [0.2, 0.25) is 0 Å². The van der Waals surface area contributed by atoms with Crippen LogP contribution in [0.25, 0.3) is 5.65 Å². The Bertz CT molecular complexity index is 929. The van der Waals surface area contributed by atoms with Crippen LogP contribution in [0.1, 0.15) is 45.1 Å². The van der Waals surface area contributed by atoms with Gasteiger partial charge in [0.15, 0.2) is 11.5 Å². The molecule has 0 saturated heterocycles. The third-order valence-corrected chi connectivity index (χ3v) is 3.91. The molecule has 0 bridgehead atoms. The average molecular weight is 379 g/mol. The third kappa shape index (κ3) is 4.47. The van der Waals surface area contributed by atoms with Crippen LogP contribution < -0.4 is 10.1 Å². The maximum absolute atomic E-state index is 12.3. The summed E-state index contributed by atoms with van der Waals surface area (Å²) >= 11 is 0. The first kappa shape index (κ1) is 18.9. The predicted octanol–water partition coefficient (Wildman–Crippen LogP) is 4.49. The second kappa shape index (κ2) is 6.71. The standard InChI is InChI=1S/C18H20F3N5O/c1-11(12-5-7-13(8-6-12)27-18(19,20)21)22-14-9-10-15-23-24-16(17(2,3)4)26(15)25-14/h5-11H,1-4H3,(H,22,25)/t11-/m0/s1. The summed E-state index contributed by atoms with van der Waals surface area (Å²) in [5.41, 5.74) is 1.23. The lowest BCUT2D eigenvalue weighted by Crippen LogP contribution is -2.18. The van der Waals surface area contributed by atoms with Gasteiger partial charge in [-0.1, -0.05) is 32.9 Å². The van der Waals surface area contributed by atoms with Crippen LogP contribution in [0.4, 0.5) is 19.0 Å². The van der Waals surface area contributed by atoms with Crippen molar-refractivity contribution in [1.82, 2.24) is 19.8 Å². The second-order valence-electron chi connectivity index (χ2n) is 7.25. The van der Waals surface area contributed by atoms with Gasteiger partial charge in [0.1, 0.15) is 11.6 Å². The molecule has 3 rings (SSSR count). The molecule has 0 spiro atoms. The lowest BCUT2D eigenvalue weighted by molar-refractivity contribution is -0.274. The topological polar surface area (TPSA) is 64.3 Å². The summed E-state index contributed by atoms with van der Waals surface area (Å²) in [5.74, 6) is 1.09. The first-order valence-electron chi connectivity index (χ1n) is 8.38. The van der Waals surface area contributed by atoms with Gasteiger partial charge in [-0.15, -0.1) is 28.5 Å². The number of nitrogens with one attached hydrogen (secondary N) is 1. The van der Waals surface area contributed by atoms with Gasteiger partial charge >= 0.3 is 6.36 Å². The summed E-state index contributed by atoms with van der Waals surface area (Å²) in [5, 5.41) is 16.1. The number of alkyl halides is 3. The van der Waals surface area contributed by atoms with Gasteiger partial charge in [-0.2, -0.15) is 4.52 Å². The Hall–Kier alpha value is -2.84. The molecule has 3 aromatic rings. The van der Waals surface area contributed by atoms with E-state index in [1.54, 1.807) is 22.7 Å². The number of halogens is 3. The van der Waals surface area contributed by atoms with Crippen LogP contribution in [0.5, 0.6) is 5.75 Å². The molecule has 27 heavy (non-hydrogen) atoms. The lowest BCUT2D eigenvalue weighted by atomic mass is 9.96. The fourth-order valence-corrected chi connectivity index (χ4v) is 2.60. The number of anilines is 1. The molecule has 1 N–H and O–H groups in total. The van der Waals surface area contributed by atoms with E-state index < -0.39 is 6.36 Å². The van der Waals surface area contributed by atoms with Crippen molar-refractivity contribution >= 4 is 11.5 Å². The van der Waals surface area contributed by atoms with Crippen LogP contribution in [-0.4, -0.2) is 26.2 Å². The van der Waals surface area contributed by atoms with Crippen LogP contribution in [0, 0.1) is 0 Å². The molecule has 1 aromatic carbocycles. The third-order valence-electron chi connectivity index (χ3n) is 3.91. The fraction of sp³-hybridized carbons (Fsp3) is 0.389. The Morgan fingerprint density at radius 1 is 1.00 bits per heavy atom. The van der Waals surface area contributed by atoms with Crippen molar-refractivity contribution in [3.63, 3.8) is 0 Å². The number of benzene rings is 1. The van der Waals surface area contributed by atoms with Crippen molar-refractivity contribution in [2.24, 2.45) is 0 Å². The Morgan fingerprint density at radius 2 is 1.67 bits per heavy atom. The highest BCUT2D eigenvalue weighted by Gasteiger charge is 2.31. The zero-order valence-electron chi connectivity index (χ0n) is 15.4. The average Bonchev–Trinajstić information content (AvgIpc) is 2.97. The smallest absolute Gasteiger partial charge is 0.406 e. The van der Waals surface area contributed by atoms with E-state index in [0.29, 0.717) is 11.5 Å². The SMILES string of the molecule is C[C@H](Nc1ccc2nnc(C(C)(C)C)n2n1)c1ccc(OC(F)(F)F)cc1. The van der Waals surface area contributed by atoms with Crippen molar-refractivity contribution < 1.29 is 17.9 Å². The fourth-order valence-electron chi connectivity index (χ4n) is 2.60. The molecule has 6 nitrogen and oxygen atoms in total. The van der Waals surface area contributed by atoms with E-state index in [9.17, 15) is 13.2 Å². The highest BCUT2D eigenvalue weighted by molar-refractivity contribution is 5.46. The molecule has 9 heteroatoms. The van der Waals surface area contributed by atoms with Gasteiger partial charge in [0.2, 0.25) is 0 Å². The molecule has 0 saturated carbocycles. The van der Waals surface area contributed by atoms with Crippen molar-refractivity contribution in [2.75, 3.05) is 5.32 Å². The van der Waals surface area contributed by atoms with Crippen molar-refractivity contribution in [3.05, 3.63) is 47.8 Å². The Kier molecular flexibility index (Phi) is 4.71.